The van der Waals surface area contributed by atoms with Crippen LogP contribution < -0.4 is 5.32 Å². The highest BCUT2D eigenvalue weighted by Crippen LogP contribution is 2.26. The molecule has 0 spiro atoms. The minimum atomic E-state index is -0.623. The molecule has 2 rings (SSSR count). The van der Waals surface area contributed by atoms with Crippen LogP contribution in [0.15, 0.2) is 11.3 Å². The lowest BCUT2D eigenvalue weighted by Crippen LogP contribution is -1.91. The summed E-state index contributed by atoms with van der Waals surface area (Å²) in [5.41, 5.74) is 0.127. The molecule has 10 heavy (non-hydrogen) atoms. The molecule has 0 atom stereocenters. The van der Waals surface area contributed by atoms with E-state index in [0.717, 1.165) is 6.33 Å². The standard InChI is InChI=1S/C5H2FN4/c6-4-3-5(9-1-7-3)10-2-8-4/h1-2H. The van der Waals surface area contributed by atoms with Crippen molar-refractivity contribution in [3.63, 3.8) is 0 Å². The molecule has 1 radical (unpaired) electrons. The SMILES string of the molecule is Fc1ncnc2c1N=C[N]2. The second kappa shape index (κ2) is 1.73. The van der Waals surface area contributed by atoms with E-state index in [-0.39, 0.29) is 5.69 Å². The van der Waals surface area contributed by atoms with Crippen LogP contribution in [0.25, 0.3) is 0 Å². The van der Waals surface area contributed by atoms with Gasteiger partial charge in [-0.05, 0) is 0 Å². The van der Waals surface area contributed by atoms with Gasteiger partial charge in [-0.1, -0.05) is 0 Å². The zero-order valence-corrected chi connectivity index (χ0v) is 4.82. The average Bonchev–Trinajstić information content (AvgIpc) is 2.36. The summed E-state index contributed by atoms with van der Waals surface area (Å²) in [7, 11) is 0. The van der Waals surface area contributed by atoms with Gasteiger partial charge in [0, 0.05) is 0 Å². The van der Waals surface area contributed by atoms with Crippen molar-refractivity contribution in [1.82, 2.24) is 15.3 Å². The molecule has 0 unspecified atom stereocenters. The summed E-state index contributed by atoms with van der Waals surface area (Å²) in [6.45, 7) is 0. The Balaban J connectivity index is 2.67. The quantitative estimate of drug-likeness (QED) is 0.489. The van der Waals surface area contributed by atoms with Crippen molar-refractivity contribution < 1.29 is 4.39 Å². The van der Waals surface area contributed by atoms with Gasteiger partial charge in [-0.15, -0.1) is 0 Å². The maximum absolute atomic E-state index is 12.6. The molecule has 0 aliphatic carbocycles. The first-order chi connectivity index (χ1) is 4.88. The van der Waals surface area contributed by atoms with Gasteiger partial charge in [-0.2, -0.15) is 4.39 Å². The number of aliphatic imine (C=N–C) groups is 1. The summed E-state index contributed by atoms with van der Waals surface area (Å²) < 4.78 is 12.6. The normalized spacial score (nSPS) is 12.9. The van der Waals surface area contributed by atoms with Crippen LogP contribution >= 0.6 is 0 Å². The summed E-state index contributed by atoms with van der Waals surface area (Å²) in [4.78, 5) is 10.6. The predicted molar refractivity (Wildman–Crippen MR) is 31.9 cm³/mol. The average molecular weight is 137 g/mol. The number of nitrogens with zero attached hydrogens (tertiary/aromatic N) is 4. The van der Waals surface area contributed by atoms with Crippen molar-refractivity contribution in [3.05, 3.63) is 12.3 Å². The van der Waals surface area contributed by atoms with E-state index < -0.39 is 5.95 Å². The van der Waals surface area contributed by atoms with Crippen molar-refractivity contribution in [2.24, 2.45) is 4.99 Å². The van der Waals surface area contributed by atoms with Crippen LogP contribution in [0, 0.1) is 5.95 Å². The molecule has 1 aliphatic heterocycles. The summed E-state index contributed by atoms with van der Waals surface area (Å²) in [6, 6.07) is 0. The van der Waals surface area contributed by atoms with Crippen molar-refractivity contribution in [2.75, 3.05) is 0 Å². The lowest BCUT2D eigenvalue weighted by molar-refractivity contribution is 0.583. The predicted octanol–water partition coefficient (Wildman–Crippen LogP) is 0.525. The molecule has 0 amide bonds. The maximum Gasteiger partial charge on any atom is 0.244 e. The molecular weight excluding hydrogens is 135 g/mol. The molecule has 1 aliphatic rings. The molecule has 5 heteroatoms. The summed E-state index contributed by atoms with van der Waals surface area (Å²) in [5.74, 6) is -0.324. The van der Waals surface area contributed by atoms with Crippen LogP contribution in [-0.2, 0) is 0 Å². The van der Waals surface area contributed by atoms with E-state index >= 15 is 0 Å². The Bertz CT molecular complexity index is 296. The molecule has 49 valence electrons. The second-order valence-corrected chi connectivity index (χ2v) is 1.71. The van der Waals surface area contributed by atoms with Gasteiger partial charge in [0.15, 0.2) is 11.5 Å². The molecule has 1 aromatic rings. The summed E-state index contributed by atoms with van der Waals surface area (Å²) >= 11 is 0. The fourth-order valence-corrected chi connectivity index (χ4v) is 0.696. The van der Waals surface area contributed by atoms with Gasteiger partial charge < -0.3 is 0 Å². The fraction of sp³-hybridized carbons (Fsp3) is 0. The number of hydrogen-bond acceptors (Lipinski definition) is 3. The Morgan fingerprint density at radius 1 is 1.30 bits per heavy atom. The van der Waals surface area contributed by atoms with Crippen LogP contribution in [0.5, 0.6) is 0 Å². The Kier molecular flexibility index (Phi) is 0.913. The van der Waals surface area contributed by atoms with E-state index in [0.29, 0.717) is 5.82 Å². The highest BCUT2D eigenvalue weighted by atomic mass is 19.1. The first kappa shape index (κ1) is 5.28. The Hall–Kier alpha value is -1.52. The van der Waals surface area contributed by atoms with Gasteiger partial charge in [0.2, 0.25) is 5.95 Å². The first-order valence-corrected chi connectivity index (χ1v) is 2.62. The highest BCUT2D eigenvalue weighted by molar-refractivity contribution is 5.78. The zero-order chi connectivity index (χ0) is 6.97. The molecule has 0 saturated carbocycles. The van der Waals surface area contributed by atoms with Gasteiger partial charge >= 0.3 is 0 Å². The third-order valence-corrected chi connectivity index (χ3v) is 1.13. The highest BCUT2D eigenvalue weighted by Gasteiger charge is 2.13. The van der Waals surface area contributed by atoms with Crippen molar-refractivity contribution in [3.8, 4) is 0 Å². The lowest BCUT2D eigenvalue weighted by Gasteiger charge is -1.91. The maximum atomic E-state index is 12.6. The molecule has 0 N–H and O–H groups in total. The third-order valence-electron chi connectivity index (χ3n) is 1.13. The Morgan fingerprint density at radius 3 is 3.00 bits per heavy atom. The lowest BCUT2D eigenvalue weighted by atomic mass is 10.5. The number of aromatic nitrogens is 2. The zero-order valence-electron chi connectivity index (χ0n) is 4.82. The van der Waals surface area contributed by atoms with Crippen LogP contribution in [0.1, 0.15) is 0 Å². The van der Waals surface area contributed by atoms with E-state index in [9.17, 15) is 4.39 Å². The smallest absolute Gasteiger partial charge is 0.228 e. The van der Waals surface area contributed by atoms with Gasteiger partial charge in [0.25, 0.3) is 0 Å². The van der Waals surface area contributed by atoms with E-state index in [4.69, 9.17) is 0 Å². The number of halogens is 1. The van der Waals surface area contributed by atoms with Crippen molar-refractivity contribution >= 4 is 17.8 Å². The van der Waals surface area contributed by atoms with Crippen LogP contribution in [-0.4, -0.2) is 16.3 Å². The van der Waals surface area contributed by atoms with Crippen LogP contribution in [0.3, 0.4) is 0 Å². The monoisotopic (exact) mass is 137 g/mol. The third kappa shape index (κ3) is 0.570. The Morgan fingerprint density at radius 2 is 2.20 bits per heavy atom. The minimum absolute atomic E-state index is 0.127. The summed E-state index contributed by atoms with van der Waals surface area (Å²) in [6.07, 6.45) is 2.37. The second-order valence-electron chi connectivity index (χ2n) is 1.71. The fourth-order valence-electron chi connectivity index (χ4n) is 0.696. The minimum Gasteiger partial charge on any atom is -0.228 e. The van der Waals surface area contributed by atoms with Gasteiger partial charge in [0.05, 0.1) is 0 Å². The van der Waals surface area contributed by atoms with E-state index in [1.807, 2.05) is 0 Å². The van der Waals surface area contributed by atoms with Crippen molar-refractivity contribution in [2.45, 2.75) is 0 Å². The van der Waals surface area contributed by atoms with E-state index in [1.54, 1.807) is 0 Å². The molecule has 1 aromatic heterocycles. The van der Waals surface area contributed by atoms with Gasteiger partial charge in [-0.3, -0.25) is 0 Å². The molecule has 2 heterocycles. The first-order valence-electron chi connectivity index (χ1n) is 2.62. The molecule has 0 bridgehead atoms. The van der Waals surface area contributed by atoms with Crippen molar-refractivity contribution in [1.29, 1.82) is 0 Å². The van der Waals surface area contributed by atoms with Gasteiger partial charge in [0.1, 0.15) is 12.7 Å². The van der Waals surface area contributed by atoms with Crippen LogP contribution in [0.4, 0.5) is 15.9 Å². The van der Waals surface area contributed by atoms with E-state index in [2.05, 4.69) is 20.3 Å². The number of hydrogen-bond donors (Lipinski definition) is 0. The molecule has 4 nitrogen and oxygen atoms in total. The molecular formula is C5H2FN4. The topological polar surface area (TPSA) is 52.2 Å². The number of rotatable bonds is 0. The largest absolute Gasteiger partial charge is 0.244 e. The summed E-state index contributed by atoms with van der Waals surface area (Å²) in [5, 5.41) is 3.68. The van der Waals surface area contributed by atoms with E-state index in [1.165, 1.54) is 6.34 Å². The number of fused-ring (bicyclic) bond motifs is 1. The van der Waals surface area contributed by atoms with Crippen LogP contribution in [0.2, 0.25) is 0 Å². The molecule has 0 fully saturated rings. The van der Waals surface area contributed by atoms with Gasteiger partial charge in [-0.25, -0.2) is 20.3 Å². The molecule has 0 saturated heterocycles. The molecule has 0 aromatic carbocycles. The Labute approximate surface area is 55.8 Å².